The molecule has 1 N–H and O–H groups in total. The molecule has 1 aromatic rings. The summed E-state index contributed by atoms with van der Waals surface area (Å²) in [4.78, 5) is 10.5. The molecule has 2 atom stereocenters. The fourth-order valence-corrected chi connectivity index (χ4v) is 5.05. The Labute approximate surface area is 147 Å². The van der Waals surface area contributed by atoms with Gasteiger partial charge in [0.25, 0.3) is 5.69 Å². The minimum Gasteiger partial charge on any atom is -0.379 e. The van der Waals surface area contributed by atoms with Crippen molar-refractivity contribution in [3.8, 4) is 0 Å². The zero-order valence-electron chi connectivity index (χ0n) is 14.2. The maximum atomic E-state index is 13.0. The van der Waals surface area contributed by atoms with E-state index in [-0.39, 0.29) is 22.7 Å². The van der Waals surface area contributed by atoms with Crippen LogP contribution in [-0.2, 0) is 14.8 Å². The van der Waals surface area contributed by atoms with Crippen molar-refractivity contribution < 1.29 is 18.1 Å². The van der Waals surface area contributed by atoms with E-state index in [1.165, 1.54) is 16.4 Å². The molecule has 25 heavy (non-hydrogen) atoms. The first-order chi connectivity index (χ1) is 11.9. The number of rotatable bonds is 6. The SMILES string of the molecule is CC(Nc1ccc([N+](=O)[O-])cc1S(=O)(=O)N1CCCC1)C1CCCO1. The van der Waals surface area contributed by atoms with Crippen LogP contribution in [0.15, 0.2) is 23.1 Å². The van der Waals surface area contributed by atoms with Crippen LogP contribution in [-0.4, -0.2) is 49.5 Å². The summed E-state index contributed by atoms with van der Waals surface area (Å²) in [6, 6.07) is 3.87. The van der Waals surface area contributed by atoms with Gasteiger partial charge in [0.15, 0.2) is 0 Å². The van der Waals surface area contributed by atoms with Crippen LogP contribution in [0, 0.1) is 10.1 Å². The molecule has 2 aliphatic rings. The van der Waals surface area contributed by atoms with E-state index < -0.39 is 14.9 Å². The second-order valence-electron chi connectivity index (χ2n) is 6.53. The van der Waals surface area contributed by atoms with Crippen molar-refractivity contribution in [1.82, 2.24) is 4.31 Å². The van der Waals surface area contributed by atoms with Gasteiger partial charge in [-0.2, -0.15) is 4.31 Å². The Kier molecular flexibility index (Phi) is 5.26. The van der Waals surface area contributed by atoms with E-state index in [1.54, 1.807) is 0 Å². The lowest BCUT2D eigenvalue weighted by atomic mass is 10.1. The molecule has 0 amide bonds. The third kappa shape index (κ3) is 3.78. The summed E-state index contributed by atoms with van der Waals surface area (Å²) in [7, 11) is -3.77. The number of anilines is 1. The molecule has 2 heterocycles. The quantitative estimate of drug-likeness (QED) is 0.610. The summed E-state index contributed by atoms with van der Waals surface area (Å²) < 4.78 is 33.0. The van der Waals surface area contributed by atoms with Crippen molar-refractivity contribution >= 4 is 21.4 Å². The number of benzene rings is 1. The first kappa shape index (κ1) is 18.1. The molecule has 2 fully saturated rings. The van der Waals surface area contributed by atoms with Crippen LogP contribution in [0.25, 0.3) is 0 Å². The minimum atomic E-state index is -3.77. The summed E-state index contributed by atoms with van der Waals surface area (Å²) in [5.74, 6) is 0. The molecule has 0 spiro atoms. The molecule has 2 saturated heterocycles. The van der Waals surface area contributed by atoms with Crippen molar-refractivity contribution in [3.05, 3.63) is 28.3 Å². The number of hydrogen-bond acceptors (Lipinski definition) is 6. The molecule has 0 saturated carbocycles. The maximum Gasteiger partial charge on any atom is 0.270 e. The number of nitro benzene ring substituents is 1. The van der Waals surface area contributed by atoms with Crippen LogP contribution >= 0.6 is 0 Å². The van der Waals surface area contributed by atoms with Crippen LogP contribution in [0.3, 0.4) is 0 Å². The van der Waals surface area contributed by atoms with Gasteiger partial charge in [-0.1, -0.05) is 0 Å². The van der Waals surface area contributed by atoms with E-state index in [4.69, 9.17) is 4.74 Å². The molecule has 138 valence electrons. The van der Waals surface area contributed by atoms with E-state index >= 15 is 0 Å². The van der Waals surface area contributed by atoms with Crippen LogP contribution in [0.5, 0.6) is 0 Å². The highest BCUT2D eigenvalue weighted by Crippen LogP contribution is 2.32. The average Bonchev–Trinajstić information content (AvgIpc) is 3.28. The van der Waals surface area contributed by atoms with Gasteiger partial charge in [0.05, 0.1) is 16.7 Å². The number of hydrogen-bond donors (Lipinski definition) is 1. The van der Waals surface area contributed by atoms with Crippen molar-refractivity contribution in [2.45, 2.75) is 49.6 Å². The predicted octanol–water partition coefficient (Wildman–Crippen LogP) is 2.36. The monoisotopic (exact) mass is 369 g/mol. The second kappa shape index (κ2) is 7.27. The van der Waals surface area contributed by atoms with E-state index in [9.17, 15) is 18.5 Å². The van der Waals surface area contributed by atoms with Gasteiger partial charge in [0.1, 0.15) is 4.90 Å². The summed E-state index contributed by atoms with van der Waals surface area (Å²) in [6.45, 7) is 3.54. The largest absolute Gasteiger partial charge is 0.379 e. The summed E-state index contributed by atoms with van der Waals surface area (Å²) in [6.07, 6.45) is 3.52. The van der Waals surface area contributed by atoms with Gasteiger partial charge in [-0.3, -0.25) is 10.1 Å². The number of nitrogens with zero attached hydrogens (tertiary/aromatic N) is 2. The van der Waals surface area contributed by atoms with E-state index in [1.807, 2.05) is 6.92 Å². The first-order valence-corrected chi connectivity index (χ1v) is 10.0. The van der Waals surface area contributed by atoms with Gasteiger partial charge in [-0.25, -0.2) is 8.42 Å². The topological polar surface area (TPSA) is 102 Å². The Balaban J connectivity index is 1.95. The Morgan fingerprint density at radius 3 is 2.64 bits per heavy atom. The lowest BCUT2D eigenvalue weighted by molar-refractivity contribution is -0.385. The molecule has 0 aromatic heterocycles. The molecule has 0 radical (unpaired) electrons. The first-order valence-electron chi connectivity index (χ1n) is 8.56. The molecule has 9 heteroatoms. The van der Waals surface area contributed by atoms with Gasteiger partial charge >= 0.3 is 0 Å². The van der Waals surface area contributed by atoms with Gasteiger partial charge in [0.2, 0.25) is 10.0 Å². The van der Waals surface area contributed by atoms with Gasteiger partial charge in [-0.05, 0) is 38.7 Å². The molecule has 1 aromatic carbocycles. The van der Waals surface area contributed by atoms with Crippen LogP contribution in [0.1, 0.15) is 32.6 Å². The third-order valence-corrected chi connectivity index (χ3v) is 6.70. The van der Waals surface area contributed by atoms with Crippen LogP contribution < -0.4 is 5.32 Å². The average molecular weight is 369 g/mol. The van der Waals surface area contributed by atoms with Crippen molar-refractivity contribution in [3.63, 3.8) is 0 Å². The van der Waals surface area contributed by atoms with Crippen LogP contribution in [0.4, 0.5) is 11.4 Å². The second-order valence-corrected chi connectivity index (χ2v) is 8.44. The Morgan fingerprint density at radius 1 is 1.32 bits per heavy atom. The van der Waals surface area contributed by atoms with E-state index in [0.29, 0.717) is 25.4 Å². The number of sulfonamides is 1. The summed E-state index contributed by atoms with van der Waals surface area (Å²) in [5, 5.41) is 14.3. The number of nitro groups is 1. The Bertz CT molecular complexity index is 740. The summed E-state index contributed by atoms with van der Waals surface area (Å²) in [5.41, 5.74) is 0.161. The van der Waals surface area contributed by atoms with Crippen molar-refractivity contribution in [2.24, 2.45) is 0 Å². The minimum absolute atomic E-state index is 0.0116. The third-order valence-electron chi connectivity index (χ3n) is 4.76. The van der Waals surface area contributed by atoms with Crippen molar-refractivity contribution in [2.75, 3.05) is 25.0 Å². The lowest BCUT2D eigenvalue weighted by Crippen LogP contribution is -2.32. The number of ether oxygens (including phenoxy) is 1. The van der Waals surface area contributed by atoms with Gasteiger partial charge in [0, 0.05) is 37.9 Å². The fraction of sp³-hybridized carbons (Fsp3) is 0.625. The van der Waals surface area contributed by atoms with E-state index in [2.05, 4.69) is 5.32 Å². The maximum absolute atomic E-state index is 13.0. The van der Waals surface area contributed by atoms with E-state index in [0.717, 1.165) is 31.7 Å². The highest BCUT2D eigenvalue weighted by atomic mass is 32.2. The van der Waals surface area contributed by atoms with Gasteiger partial charge in [-0.15, -0.1) is 0 Å². The van der Waals surface area contributed by atoms with Gasteiger partial charge < -0.3 is 10.1 Å². The molecule has 2 unspecified atom stereocenters. The molecule has 3 rings (SSSR count). The molecule has 8 nitrogen and oxygen atoms in total. The summed E-state index contributed by atoms with van der Waals surface area (Å²) >= 11 is 0. The fourth-order valence-electron chi connectivity index (χ4n) is 3.36. The van der Waals surface area contributed by atoms with Crippen LogP contribution in [0.2, 0.25) is 0 Å². The molecule has 0 bridgehead atoms. The predicted molar refractivity (Wildman–Crippen MR) is 93.1 cm³/mol. The molecule has 0 aliphatic carbocycles. The number of non-ortho nitro benzene ring substituents is 1. The smallest absolute Gasteiger partial charge is 0.270 e. The zero-order chi connectivity index (χ0) is 18.0. The highest BCUT2D eigenvalue weighted by molar-refractivity contribution is 7.89. The zero-order valence-corrected chi connectivity index (χ0v) is 15.0. The molecular formula is C16H23N3O5S. The number of nitrogens with one attached hydrogen (secondary N) is 1. The Hall–Kier alpha value is -1.71. The van der Waals surface area contributed by atoms with Crippen molar-refractivity contribution in [1.29, 1.82) is 0 Å². The normalized spacial score (nSPS) is 22.8. The lowest BCUT2D eigenvalue weighted by Gasteiger charge is -2.24. The molecule has 2 aliphatic heterocycles. The Morgan fingerprint density at radius 2 is 2.04 bits per heavy atom. The molecular weight excluding hydrogens is 346 g/mol. The standard InChI is InChI=1S/C16H23N3O5S/c1-12(15-5-4-10-24-15)17-14-7-6-13(19(20)21)11-16(14)25(22,23)18-8-2-3-9-18/h6-7,11-12,15,17H,2-5,8-10H2,1H3. The highest BCUT2D eigenvalue weighted by Gasteiger charge is 2.32.